The number of amides is 1. The fraction of sp³-hybridized carbons (Fsp3) is 0.450. The van der Waals surface area contributed by atoms with Crippen LogP contribution in [-0.2, 0) is 31.1 Å². The number of esters is 1. The maximum Gasteiger partial charge on any atom is 0.319 e. The summed E-state index contributed by atoms with van der Waals surface area (Å²) in [6, 6.07) is 3.66. The summed E-state index contributed by atoms with van der Waals surface area (Å²) in [5.74, 6) is 0.279. The van der Waals surface area contributed by atoms with Crippen molar-refractivity contribution in [1.82, 2.24) is 4.90 Å². The summed E-state index contributed by atoms with van der Waals surface area (Å²) >= 11 is 0. The van der Waals surface area contributed by atoms with Gasteiger partial charge in [0.1, 0.15) is 5.41 Å². The molecule has 2 heterocycles. The second-order valence-corrected chi connectivity index (χ2v) is 7.14. The van der Waals surface area contributed by atoms with Gasteiger partial charge in [-0.05, 0) is 35.8 Å². The molecular formula is C20H21NO6. The molecule has 1 spiro atoms. The van der Waals surface area contributed by atoms with Gasteiger partial charge in [0.05, 0.1) is 26.9 Å². The first-order chi connectivity index (χ1) is 12.9. The van der Waals surface area contributed by atoms with Crippen LogP contribution in [-0.4, -0.2) is 50.4 Å². The molecule has 27 heavy (non-hydrogen) atoms. The lowest BCUT2D eigenvalue weighted by Gasteiger charge is -2.51. The van der Waals surface area contributed by atoms with Crippen molar-refractivity contribution in [3.05, 3.63) is 35.4 Å². The lowest BCUT2D eigenvalue weighted by Crippen LogP contribution is -2.59. The number of ether oxygens (including phenoxy) is 3. The van der Waals surface area contributed by atoms with Crippen molar-refractivity contribution in [2.24, 2.45) is 5.41 Å². The van der Waals surface area contributed by atoms with Crippen LogP contribution in [0.4, 0.5) is 0 Å². The van der Waals surface area contributed by atoms with Crippen LogP contribution >= 0.6 is 0 Å². The molecule has 1 aromatic carbocycles. The van der Waals surface area contributed by atoms with E-state index in [1.807, 2.05) is 6.07 Å². The Kier molecular flexibility index (Phi) is 3.80. The Labute approximate surface area is 156 Å². The third kappa shape index (κ3) is 2.05. The van der Waals surface area contributed by atoms with Gasteiger partial charge in [-0.15, -0.1) is 0 Å². The first-order valence-corrected chi connectivity index (χ1v) is 8.80. The van der Waals surface area contributed by atoms with E-state index in [4.69, 9.17) is 14.2 Å². The van der Waals surface area contributed by atoms with E-state index in [0.29, 0.717) is 24.5 Å². The van der Waals surface area contributed by atoms with Gasteiger partial charge in [-0.25, -0.2) is 0 Å². The molecule has 7 nitrogen and oxygen atoms in total. The Bertz CT molecular complexity index is 891. The average molecular weight is 371 g/mol. The summed E-state index contributed by atoms with van der Waals surface area (Å²) in [6.07, 6.45) is 3.59. The van der Waals surface area contributed by atoms with Crippen LogP contribution < -0.4 is 9.47 Å². The lowest BCUT2D eigenvalue weighted by atomic mass is 9.59. The van der Waals surface area contributed by atoms with Crippen molar-refractivity contribution < 1.29 is 28.6 Å². The van der Waals surface area contributed by atoms with Gasteiger partial charge in [0.2, 0.25) is 5.91 Å². The van der Waals surface area contributed by atoms with E-state index in [1.54, 1.807) is 24.2 Å². The fourth-order valence-corrected chi connectivity index (χ4v) is 4.96. The second kappa shape index (κ2) is 5.84. The van der Waals surface area contributed by atoms with Crippen LogP contribution in [0.25, 0.3) is 0 Å². The summed E-state index contributed by atoms with van der Waals surface area (Å²) < 4.78 is 16.0. The van der Waals surface area contributed by atoms with E-state index in [2.05, 4.69) is 0 Å². The monoisotopic (exact) mass is 371 g/mol. The van der Waals surface area contributed by atoms with Crippen LogP contribution in [0.5, 0.6) is 11.5 Å². The maximum atomic E-state index is 12.9. The van der Waals surface area contributed by atoms with E-state index in [-0.39, 0.29) is 24.5 Å². The Morgan fingerprint density at radius 2 is 1.78 bits per heavy atom. The minimum absolute atomic E-state index is 0.0166. The molecule has 1 aliphatic carbocycles. The highest BCUT2D eigenvalue weighted by molar-refractivity contribution is 6.02. The SMILES string of the molecule is COC(=O)[C@@]12C=CC(=O)C[C@@]13c1cc(OC)c(OC)cc1CCN3C(=O)C2. The van der Waals surface area contributed by atoms with Crippen molar-refractivity contribution >= 4 is 17.7 Å². The van der Waals surface area contributed by atoms with Gasteiger partial charge in [0, 0.05) is 19.4 Å². The van der Waals surface area contributed by atoms with Crippen molar-refractivity contribution in [1.29, 1.82) is 0 Å². The van der Waals surface area contributed by atoms with Gasteiger partial charge in [-0.2, -0.15) is 0 Å². The van der Waals surface area contributed by atoms with Crippen molar-refractivity contribution in [3.63, 3.8) is 0 Å². The summed E-state index contributed by atoms with van der Waals surface area (Å²) in [7, 11) is 4.39. The quantitative estimate of drug-likeness (QED) is 0.747. The summed E-state index contributed by atoms with van der Waals surface area (Å²) in [6.45, 7) is 0.432. The lowest BCUT2D eigenvalue weighted by molar-refractivity contribution is -0.157. The fourth-order valence-electron chi connectivity index (χ4n) is 4.96. The van der Waals surface area contributed by atoms with Crippen LogP contribution in [0.15, 0.2) is 24.3 Å². The molecule has 3 aliphatic rings. The molecule has 0 unspecified atom stereocenters. The van der Waals surface area contributed by atoms with Gasteiger partial charge >= 0.3 is 5.97 Å². The number of hydrogen-bond donors (Lipinski definition) is 0. The van der Waals surface area contributed by atoms with E-state index < -0.39 is 16.9 Å². The third-order valence-electron chi connectivity index (χ3n) is 6.12. The van der Waals surface area contributed by atoms with Crippen LogP contribution in [0.2, 0.25) is 0 Å². The minimum Gasteiger partial charge on any atom is -0.493 e. The predicted octanol–water partition coefficient (Wildman–Crippen LogP) is 1.38. The molecule has 0 aromatic heterocycles. The number of carbonyl (C=O) groups is 3. The van der Waals surface area contributed by atoms with Gasteiger partial charge in [-0.1, -0.05) is 6.08 Å². The largest absolute Gasteiger partial charge is 0.493 e. The molecule has 1 saturated heterocycles. The molecule has 2 aliphatic heterocycles. The first-order valence-electron chi connectivity index (χ1n) is 8.80. The standard InChI is InChI=1S/C20H21NO6/c1-25-15-8-12-5-7-21-17(23)11-19(18(24)27-3)6-4-13(22)10-20(19,21)14(12)9-16(15)26-2/h4,6,8-9H,5,7,10-11H2,1-3H3/t19-,20+/m0/s1. The molecule has 1 amide bonds. The molecular weight excluding hydrogens is 350 g/mol. The van der Waals surface area contributed by atoms with Gasteiger partial charge in [-0.3, -0.25) is 14.4 Å². The smallest absolute Gasteiger partial charge is 0.319 e. The molecule has 0 bridgehead atoms. The molecule has 1 fully saturated rings. The average Bonchev–Trinajstić information content (AvgIpc) is 2.95. The normalized spacial score (nSPS) is 28.3. The van der Waals surface area contributed by atoms with Crippen LogP contribution in [0, 0.1) is 5.41 Å². The van der Waals surface area contributed by atoms with E-state index in [9.17, 15) is 14.4 Å². The first kappa shape index (κ1) is 17.6. The number of methoxy groups -OCH3 is 3. The highest BCUT2D eigenvalue weighted by Crippen LogP contribution is 2.61. The number of allylic oxidation sites excluding steroid dienone is 1. The zero-order chi connectivity index (χ0) is 19.4. The number of benzene rings is 1. The molecule has 0 saturated carbocycles. The highest BCUT2D eigenvalue weighted by atomic mass is 16.5. The number of hydrogen-bond acceptors (Lipinski definition) is 6. The molecule has 1 aromatic rings. The van der Waals surface area contributed by atoms with Crippen LogP contribution in [0.3, 0.4) is 0 Å². The van der Waals surface area contributed by atoms with Gasteiger partial charge in [0.15, 0.2) is 17.3 Å². The van der Waals surface area contributed by atoms with Crippen molar-refractivity contribution in [2.75, 3.05) is 27.9 Å². The van der Waals surface area contributed by atoms with E-state index in [1.165, 1.54) is 20.3 Å². The second-order valence-electron chi connectivity index (χ2n) is 7.14. The number of carbonyl (C=O) groups excluding carboxylic acids is 3. The predicted molar refractivity (Wildman–Crippen MR) is 94.5 cm³/mol. The summed E-state index contributed by atoms with van der Waals surface area (Å²) in [5.41, 5.74) is -0.646. The molecule has 2 atom stereocenters. The van der Waals surface area contributed by atoms with Gasteiger partial charge in [0.25, 0.3) is 0 Å². The van der Waals surface area contributed by atoms with Crippen molar-refractivity contribution in [2.45, 2.75) is 24.8 Å². The Morgan fingerprint density at radius 1 is 1.07 bits per heavy atom. The highest BCUT2D eigenvalue weighted by Gasteiger charge is 2.69. The Hall–Kier alpha value is -2.83. The summed E-state index contributed by atoms with van der Waals surface area (Å²) in [4.78, 5) is 40.0. The summed E-state index contributed by atoms with van der Waals surface area (Å²) in [5, 5.41) is 0. The third-order valence-corrected chi connectivity index (χ3v) is 6.12. The number of fused-ring (bicyclic) bond motifs is 1. The maximum absolute atomic E-state index is 12.9. The van der Waals surface area contributed by atoms with E-state index >= 15 is 0 Å². The molecule has 142 valence electrons. The topological polar surface area (TPSA) is 82.1 Å². The van der Waals surface area contributed by atoms with E-state index in [0.717, 1.165) is 11.1 Å². The van der Waals surface area contributed by atoms with Crippen molar-refractivity contribution in [3.8, 4) is 11.5 Å². The zero-order valence-corrected chi connectivity index (χ0v) is 15.5. The molecule has 0 N–H and O–H groups in total. The molecule has 0 radical (unpaired) electrons. The number of nitrogens with zero attached hydrogens (tertiary/aromatic N) is 1. The molecule has 7 heteroatoms. The minimum atomic E-state index is -1.23. The number of ketones is 1. The van der Waals surface area contributed by atoms with Crippen LogP contribution in [0.1, 0.15) is 24.0 Å². The Balaban J connectivity index is 2.06. The molecule has 4 rings (SSSR count). The Morgan fingerprint density at radius 3 is 2.44 bits per heavy atom. The number of rotatable bonds is 3. The zero-order valence-electron chi connectivity index (χ0n) is 15.5. The van der Waals surface area contributed by atoms with Gasteiger partial charge < -0.3 is 19.1 Å².